The van der Waals surface area contributed by atoms with E-state index >= 15 is 0 Å². The van der Waals surface area contributed by atoms with Crippen molar-refractivity contribution in [2.45, 2.75) is 18.4 Å². The van der Waals surface area contributed by atoms with Crippen LogP contribution in [0.2, 0.25) is 0 Å². The van der Waals surface area contributed by atoms with Crippen LogP contribution in [0.4, 0.5) is 14.5 Å². The fourth-order valence-electron chi connectivity index (χ4n) is 4.24. The van der Waals surface area contributed by atoms with E-state index in [9.17, 15) is 18.4 Å². The number of likely N-dealkylation sites (N-methyl/N-ethyl adjacent to an activating group) is 1. The Hall–Kier alpha value is -2.80. The van der Waals surface area contributed by atoms with E-state index < -0.39 is 0 Å². The third-order valence-electron chi connectivity index (χ3n) is 6.01. The topological polar surface area (TPSA) is 43.9 Å². The monoisotopic (exact) mass is 399 g/mol. The maximum Gasteiger partial charge on any atom is 0.241 e. The highest BCUT2D eigenvalue weighted by Crippen LogP contribution is 2.33. The second kappa shape index (κ2) is 7.55. The van der Waals surface area contributed by atoms with Gasteiger partial charge in [0.1, 0.15) is 11.6 Å². The molecule has 2 aliphatic heterocycles. The van der Waals surface area contributed by atoms with E-state index in [0.29, 0.717) is 25.3 Å². The molecule has 2 amide bonds. The maximum atomic E-state index is 13.7. The molecule has 0 N–H and O–H groups in total. The first kappa shape index (κ1) is 19.5. The second-order valence-electron chi connectivity index (χ2n) is 7.91. The maximum absolute atomic E-state index is 13.7. The highest BCUT2D eigenvalue weighted by molar-refractivity contribution is 5.96. The van der Waals surface area contributed by atoms with Crippen molar-refractivity contribution >= 4 is 17.5 Å². The highest BCUT2D eigenvalue weighted by atomic mass is 19.1. The van der Waals surface area contributed by atoms with Crippen LogP contribution in [0.25, 0.3) is 0 Å². The molecule has 0 bridgehead atoms. The quantitative estimate of drug-likeness (QED) is 0.797. The van der Waals surface area contributed by atoms with Gasteiger partial charge in [0.2, 0.25) is 11.8 Å². The second-order valence-corrected chi connectivity index (χ2v) is 7.91. The number of hydrogen-bond donors (Lipinski definition) is 0. The minimum Gasteiger partial charge on any atom is -0.340 e. The number of rotatable bonds is 3. The van der Waals surface area contributed by atoms with Crippen LogP contribution < -0.4 is 4.90 Å². The summed E-state index contributed by atoms with van der Waals surface area (Å²) in [4.78, 5) is 30.8. The molecule has 29 heavy (non-hydrogen) atoms. The van der Waals surface area contributed by atoms with Gasteiger partial charge in [-0.1, -0.05) is 18.2 Å². The van der Waals surface area contributed by atoms with Crippen molar-refractivity contribution in [2.75, 3.05) is 38.1 Å². The van der Waals surface area contributed by atoms with E-state index in [1.54, 1.807) is 34.1 Å². The van der Waals surface area contributed by atoms with Crippen molar-refractivity contribution in [3.8, 4) is 0 Å². The van der Waals surface area contributed by atoms with Crippen molar-refractivity contribution in [3.63, 3.8) is 0 Å². The van der Waals surface area contributed by atoms with Crippen molar-refractivity contribution in [1.29, 1.82) is 0 Å². The number of nitrogens with zero attached hydrogens (tertiary/aromatic N) is 3. The van der Waals surface area contributed by atoms with Gasteiger partial charge in [-0.3, -0.25) is 14.5 Å². The molecule has 5 nitrogen and oxygen atoms in total. The molecule has 2 saturated heterocycles. The van der Waals surface area contributed by atoms with Gasteiger partial charge in [0, 0.05) is 25.3 Å². The van der Waals surface area contributed by atoms with Gasteiger partial charge in [-0.2, -0.15) is 0 Å². The molecule has 4 rings (SSSR count). The van der Waals surface area contributed by atoms with Crippen LogP contribution in [0.5, 0.6) is 0 Å². The van der Waals surface area contributed by atoms with E-state index in [0.717, 1.165) is 12.0 Å². The van der Waals surface area contributed by atoms with Gasteiger partial charge >= 0.3 is 0 Å². The third kappa shape index (κ3) is 3.87. The van der Waals surface area contributed by atoms with Crippen molar-refractivity contribution in [2.24, 2.45) is 0 Å². The van der Waals surface area contributed by atoms with Crippen LogP contribution in [0.1, 0.15) is 12.0 Å². The lowest BCUT2D eigenvalue weighted by Gasteiger charge is -2.46. The molecule has 0 radical (unpaired) electrons. The standard InChI is InChI=1S/C22H23F2N3O2/c1-25-13-21(29)27(19-4-2-3-18(24)12-19)15-22(25)9-10-26(14-22)20(28)11-16-5-7-17(23)8-6-16/h2-8,12H,9-11,13-15H2,1H3/t22-/m1/s1. The lowest BCUT2D eigenvalue weighted by Crippen LogP contribution is -2.64. The summed E-state index contributed by atoms with van der Waals surface area (Å²) < 4.78 is 26.8. The summed E-state index contributed by atoms with van der Waals surface area (Å²) in [5, 5.41) is 0. The van der Waals surface area contributed by atoms with Crippen LogP contribution >= 0.6 is 0 Å². The average Bonchev–Trinajstić information content (AvgIpc) is 3.12. The molecule has 2 aromatic carbocycles. The summed E-state index contributed by atoms with van der Waals surface area (Å²) >= 11 is 0. The molecule has 2 aromatic rings. The summed E-state index contributed by atoms with van der Waals surface area (Å²) in [6, 6.07) is 12.0. The minimum absolute atomic E-state index is 0.0175. The fraction of sp³-hybridized carbons (Fsp3) is 0.364. The minimum atomic E-state index is -0.384. The van der Waals surface area contributed by atoms with Gasteiger partial charge < -0.3 is 9.80 Å². The number of halogens is 2. The molecular formula is C22H23F2N3O2. The van der Waals surface area contributed by atoms with Crippen molar-refractivity contribution in [3.05, 3.63) is 65.7 Å². The first-order chi connectivity index (χ1) is 13.9. The third-order valence-corrected chi connectivity index (χ3v) is 6.01. The number of carbonyl (C=O) groups is 2. The van der Waals surface area contributed by atoms with Crippen molar-refractivity contribution in [1.82, 2.24) is 9.80 Å². The first-order valence-corrected chi connectivity index (χ1v) is 9.66. The molecule has 7 heteroatoms. The molecule has 0 unspecified atom stereocenters. The normalized spacial score (nSPS) is 22.5. The predicted octanol–water partition coefficient (Wildman–Crippen LogP) is 2.46. The van der Waals surface area contributed by atoms with Crippen LogP contribution in [-0.4, -0.2) is 60.4 Å². The van der Waals surface area contributed by atoms with E-state index in [2.05, 4.69) is 0 Å². The van der Waals surface area contributed by atoms with Crippen LogP contribution in [0, 0.1) is 11.6 Å². The molecular weight excluding hydrogens is 376 g/mol. The smallest absolute Gasteiger partial charge is 0.241 e. The molecule has 0 saturated carbocycles. The summed E-state index contributed by atoms with van der Waals surface area (Å²) in [5.41, 5.74) is 0.947. The van der Waals surface area contributed by atoms with E-state index in [1.165, 1.54) is 24.3 Å². The van der Waals surface area contributed by atoms with Crippen LogP contribution in [0.3, 0.4) is 0 Å². The summed E-state index contributed by atoms with van der Waals surface area (Å²) in [7, 11) is 1.90. The Morgan fingerprint density at radius 3 is 2.55 bits per heavy atom. The summed E-state index contributed by atoms with van der Waals surface area (Å²) in [6.07, 6.45) is 0.949. The number of carbonyl (C=O) groups excluding carboxylic acids is 2. The zero-order chi connectivity index (χ0) is 20.6. The van der Waals surface area contributed by atoms with E-state index in [4.69, 9.17) is 0 Å². The van der Waals surface area contributed by atoms with Gasteiger partial charge in [0.25, 0.3) is 0 Å². The Labute approximate surface area is 168 Å². The molecule has 1 atom stereocenters. The van der Waals surface area contributed by atoms with E-state index in [1.807, 2.05) is 11.9 Å². The van der Waals surface area contributed by atoms with Gasteiger partial charge in [0.05, 0.1) is 18.5 Å². The largest absolute Gasteiger partial charge is 0.340 e. The lowest BCUT2D eigenvalue weighted by atomic mass is 9.92. The summed E-state index contributed by atoms with van der Waals surface area (Å²) in [5.74, 6) is -0.811. The number of likely N-dealkylation sites (tertiary alicyclic amines) is 1. The number of hydrogen-bond acceptors (Lipinski definition) is 3. The first-order valence-electron chi connectivity index (χ1n) is 9.66. The Kier molecular flexibility index (Phi) is 5.08. The van der Waals surface area contributed by atoms with Gasteiger partial charge in [-0.25, -0.2) is 8.78 Å². The van der Waals surface area contributed by atoms with Crippen LogP contribution in [0.15, 0.2) is 48.5 Å². The van der Waals surface area contributed by atoms with Crippen molar-refractivity contribution < 1.29 is 18.4 Å². The predicted molar refractivity (Wildman–Crippen MR) is 105 cm³/mol. The Morgan fingerprint density at radius 1 is 1.07 bits per heavy atom. The number of piperazine rings is 1. The number of anilines is 1. The van der Waals surface area contributed by atoms with Gasteiger partial charge in [0.15, 0.2) is 0 Å². The molecule has 152 valence electrons. The Morgan fingerprint density at radius 2 is 1.83 bits per heavy atom. The highest BCUT2D eigenvalue weighted by Gasteiger charge is 2.48. The van der Waals surface area contributed by atoms with Gasteiger partial charge in [-0.15, -0.1) is 0 Å². The molecule has 2 fully saturated rings. The molecule has 2 heterocycles. The zero-order valence-electron chi connectivity index (χ0n) is 16.3. The average molecular weight is 399 g/mol. The van der Waals surface area contributed by atoms with E-state index in [-0.39, 0.29) is 42.0 Å². The molecule has 1 spiro atoms. The number of benzene rings is 2. The Bertz CT molecular complexity index is 934. The SMILES string of the molecule is CN1CC(=O)N(c2cccc(F)c2)C[C@]12CCN(C(=O)Cc1ccc(F)cc1)C2. The summed E-state index contributed by atoms with van der Waals surface area (Å²) in [6.45, 7) is 1.72. The fourth-order valence-corrected chi connectivity index (χ4v) is 4.24. The molecule has 0 aromatic heterocycles. The van der Waals surface area contributed by atoms with Crippen LogP contribution in [-0.2, 0) is 16.0 Å². The molecule has 0 aliphatic carbocycles. The lowest BCUT2D eigenvalue weighted by molar-refractivity contribution is -0.130. The zero-order valence-corrected chi connectivity index (χ0v) is 16.3. The Balaban J connectivity index is 1.49. The van der Waals surface area contributed by atoms with Gasteiger partial charge in [-0.05, 0) is 49.4 Å². The number of amides is 2. The molecule has 2 aliphatic rings.